The zero-order valence-electron chi connectivity index (χ0n) is 16.9. The number of esters is 1. The Morgan fingerprint density at radius 1 is 1.33 bits per heavy atom. The van der Waals surface area contributed by atoms with E-state index in [4.69, 9.17) is 16.3 Å². The molecular weight excluding hydrogens is 448 g/mol. The van der Waals surface area contributed by atoms with Crippen LogP contribution in [-0.4, -0.2) is 45.3 Å². The lowest BCUT2D eigenvalue weighted by Gasteiger charge is -2.18. The SMILES string of the molecule is C[C@@H]1CCc2c(C(=O)OCC(=O)Nc3ccc(Cl)c(S(=O)(=O)N(C)C)c3)csc2C1. The van der Waals surface area contributed by atoms with Crippen LogP contribution in [0.1, 0.15) is 34.1 Å². The maximum atomic E-state index is 12.4. The highest BCUT2D eigenvalue weighted by atomic mass is 35.5. The largest absolute Gasteiger partial charge is 0.452 e. The predicted octanol–water partition coefficient (Wildman–Crippen LogP) is 3.57. The molecule has 0 spiro atoms. The van der Waals surface area contributed by atoms with Gasteiger partial charge >= 0.3 is 5.97 Å². The molecule has 1 amide bonds. The van der Waals surface area contributed by atoms with E-state index < -0.39 is 28.5 Å². The molecule has 0 bridgehead atoms. The van der Waals surface area contributed by atoms with E-state index in [0.29, 0.717) is 11.5 Å². The average molecular weight is 471 g/mol. The number of nitrogens with zero attached hydrogens (tertiary/aromatic N) is 1. The van der Waals surface area contributed by atoms with Crippen molar-refractivity contribution in [2.24, 2.45) is 5.92 Å². The Morgan fingerprint density at radius 2 is 2.07 bits per heavy atom. The van der Waals surface area contributed by atoms with Crippen molar-refractivity contribution < 1.29 is 22.7 Å². The van der Waals surface area contributed by atoms with Gasteiger partial charge in [0.2, 0.25) is 10.0 Å². The lowest BCUT2D eigenvalue weighted by Crippen LogP contribution is -2.24. The number of carbonyl (C=O) groups is 2. The summed E-state index contributed by atoms with van der Waals surface area (Å²) in [6.45, 7) is 1.72. The number of sulfonamides is 1. The fraction of sp³-hybridized carbons (Fsp3) is 0.400. The summed E-state index contributed by atoms with van der Waals surface area (Å²) < 4.78 is 30.9. The summed E-state index contributed by atoms with van der Waals surface area (Å²) in [6, 6.07) is 4.14. The predicted molar refractivity (Wildman–Crippen MR) is 117 cm³/mol. The van der Waals surface area contributed by atoms with Gasteiger partial charge in [-0.1, -0.05) is 18.5 Å². The molecule has 2 aromatic rings. The minimum absolute atomic E-state index is 0.0460. The third-order valence-electron chi connectivity index (χ3n) is 4.93. The van der Waals surface area contributed by atoms with Gasteiger partial charge in [0.05, 0.1) is 10.6 Å². The van der Waals surface area contributed by atoms with Gasteiger partial charge in [-0.2, -0.15) is 0 Å². The Bertz CT molecular complexity index is 1080. The van der Waals surface area contributed by atoms with Gasteiger partial charge in [0.1, 0.15) is 4.90 Å². The first-order valence-corrected chi connectivity index (χ1v) is 12.1. The summed E-state index contributed by atoms with van der Waals surface area (Å²) in [5.74, 6) is -0.493. The number of rotatable bonds is 6. The van der Waals surface area contributed by atoms with Gasteiger partial charge in [-0.25, -0.2) is 17.5 Å². The molecule has 1 heterocycles. The molecule has 0 radical (unpaired) electrons. The number of anilines is 1. The molecule has 1 aliphatic rings. The van der Waals surface area contributed by atoms with Gasteiger partial charge in [0.15, 0.2) is 6.61 Å². The average Bonchev–Trinajstić information content (AvgIpc) is 3.10. The number of benzene rings is 1. The number of hydrogen-bond donors (Lipinski definition) is 1. The van der Waals surface area contributed by atoms with E-state index in [1.165, 1.54) is 37.2 Å². The van der Waals surface area contributed by atoms with Crippen LogP contribution in [-0.2, 0) is 32.4 Å². The van der Waals surface area contributed by atoms with Crippen LogP contribution in [0.15, 0.2) is 28.5 Å². The summed E-state index contributed by atoms with van der Waals surface area (Å²) in [5, 5.41) is 4.37. The van der Waals surface area contributed by atoms with Crippen molar-refractivity contribution in [3.63, 3.8) is 0 Å². The van der Waals surface area contributed by atoms with Crippen molar-refractivity contribution in [1.82, 2.24) is 4.31 Å². The first-order valence-electron chi connectivity index (χ1n) is 9.38. The van der Waals surface area contributed by atoms with E-state index in [-0.39, 0.29) is 15.6 Å². The standard InChI is InChI=1S/C20H23ClN2O5S2/c1-12-4-6-14-15(11-29-17(14)8-12)20(25)28-10-19(24)22-13-5-7-16(21)18(9-13)30(26,27)23(2)3/h5,7,9,11-12H,4,6,8,10H2,1-3H3,(H,22,24)/t12-/m1/s1. The number of hydrogen-bond acceptors (Lipinski definition) is 6. The summed E-state index contributed by atoms with van der Waals surface area (Å²) in [5.41, 5.74) is 1.79. The van der Waals surface area contributed by atoms with Crippen LogP contribution in [0.2, 0.25) is 5.02 Å². The van der Waals surface area contributed by atoms with Gasteiger partial charge < -0.3 is 10.1 Å². The highest BCUT2D eigenvalue weighted by molar-refractivity contribution is 7.89. The van der Waals surface area contributed by atoms with Gasteiger partial charge in [-0.05, 0) is 48.9 Å². The number of fused-ring (bicyclic) bond motifs is 1. The molecule has 7 nitrogen and oxygen atoms in total. The maximum absolute atomic E-state index is 12.4. The number of ether oxygens (including phenoxy) is 1. The molecule has 0 unspecified atom stereocenters. The summed E-state index contributed by atoms with van der Waals surface area (Å²) in [4.78, 5) is 25.7. The molecule has 1 N–H and O–H groups in total. The van der Waals surface area contributed by atoms with Gasteiger partial charge in [0.25, 0.3) is 5.91 Å². The molecule has 0 fully saturated rings. The van der Waals surface area contributed by atoms with Crippen LogP contribution >= 0.6 is 22.9 Å². The molecule has 1 aliphatic carbocycles. The smallest absolute Gasteiger partial charge is 0.339 e. The first kappa shape index (κ1) is 22.7. The minimum Gasteiger partial charge on any atom is -0.452 e. The van der Waals surface area contributed by atoms with Gasteiger partial charge in [0, 0.05) is 30.0 Å². The Labute approximate surface area is 185 Å². The van der Waals surface area contributed by atoms with Crippen LogP contribution in [0.25, 0.3) is 0 Å². The van der Waals surface area contributed by atoms with Crippen LogP contribution in [0.5, 0.6) is 0 Å². The molecule has 162 valence electrons. The second-order valence-electron chi connectivity index (χ2n) is 7.46. The fourth-order valence-corrected chi connectivity index (χ4v) is 5.86. The molecule has 1 aromatic carbocycles. The zero-order chi connectivity index (χ0) is 22.1. The molecular formula is C20H23ClN2O5S2. The lowest BCUT2D eigenvalue weighted by molar-refractivity contribution is -0.119. The van der Waals surface area contributed by atoms with Crippen molar-refractivity contribution >= 4 is 50.5 Å². The van der Waals surface area contributed by atoms with E-state index in [0.717, 1.165) is 29.1 Å². The summed E-state index contributed by atoms with van der Waals surface area (Å²) >= 11 is 7.55. The van der Waals surface area contributed by atoms with Crippen molar-refractivity contribution in [3.05, 3.63) is 44.6 Å². The molecule has 1 atom stereocenters. The molecule has 0 saturated heterocycles. The topological polar surface area (TPSA) is 92.8 Å². The van der Waals surface area contributed by atoms with Crippen molar-refractivity contribution in [3.8, 4) is 0 Å². The van der Waals surface area contributed by atoms with Gasteiger partial charge in [-0.15, -0.1) is 11.3 Å². The monoisotopic (exact) mass is 470 g/mol. The van der Waals surface area contributed by atoms with Crippen LogP contribution < -0.4 is 5.32 Å². The molecule has 10 heteroatoms. The quantitative estimate of drug-likeness (QED) is 0.651. The van der Waals surface area contributed by atoms with Crippen molar-refractivity contribution in [1.29, 1.82) is 0 Å². The van der Waals surface area contributed by atoms with E-state index in [1.807, 2.05) is 0 Å². The Balaban J connectivity index is 1.64. The minimum atomic E-state index is -3.77. The van der Waals surface area contributed by atoms with E-state index in [9.17, 15) is 18.0 Å². The maximum Gasteiger partial charge on any atom is 0.339 e. The fourth-order valence-electron chi connectivity index (χ4n) is 3.23. The highest BCUT2D eigenvalue weighted by Crippen LogP contribution is 2.33. The normalized spacial score (nSPS) is 16.2. The molecule has 3 rings (SSSR count). The Hall–Kier alpha value is -1.94. The molecule has 0 aliphatic heterocycles. The van der Waals surface area contributed by atoms with Crippen molar-refractivity contribution in [2.75, 3.05) is 26.0 Å². The summed E-state index contributed by atoms with van der Waals surface area (Å²) in [7, 11) is -0.990. The highest BCUT2D eigenvalue weighted by Gasteiger charge is 2.25. The first-order chi connectivity index (χ1) is 14.1. The molecule has 30 heavy (non-hydrogen) atoms. The zero-order valence-corrected chi connectivity index (χ0v) is 19.3. The third-order valence-corrected chi connectivity index (χ3v) is 8.28. The van der Waals surface area contributed by atoms with Crippen LogP contribution in [0.3, 0.4) is 0 Å². The molecule has 0 saturated carbocycles. The Morgan fingerprint density at radius 3 is 2.77 bits per heavy atom. The number of halogens is 1. The van der Waals surface area contributed by atoms with Crippen LogP contribution in [0.4, 0.5) is 5.69 Å². The molecule has 1 aromatic heterocycles. The number of thiophene rings is 1. The number of nitrogens with one attached hydrogen (secondary N) is 1. The second-order valence-corrected chi connectivity index (χ2v) is 10.9. The van der Waals surface area contributed by atoms with Crippen molar-refractivity contribution in [2.45, 2.75) is 31.1 Å². The number of carbonyl (C=O) groups excluding carboxylic acids is 2. The van der Waals surface area contributed by atoms with E-state index >= 15 is 0 Å². The number of amides is 1. The van der Waals surface area contributed by atoms with Crippen LogP contribution in [0, 0.1) is 5.92 Å². The lowest BCUT2D eigenvalue weighted by atomic mass is 9.88. The third kappa shape index (κ3) is 4.85. The van der Waals surface area contributed by atoms with E-state index in [2.05, 4.69) is 12.2 Å². The van der Waals surface area contributed by atoms with Gasteiger partial charge in [-0.3, -0.25) is 4.79 Å². The summed E-state index contributed by atoms with van der Waals surface area (Å²) in [6.07, 6.45) is 2.83. The second kappa shape index (κ2) is 9.05. The van der Waals surface area contributed by atoms with E-state index in [1.54, 1.807) is 16.7 Å². The Kier molecular flexibility index (Phi) is 6.86.